The molecular weight excluding hydrogens is 631 g/mol. The number of methoxy groups -OCH3 is 3. The van der Waals surface area contributed by atoms with Crippen LogP contribution in [-0.4, -0.2) is 58.6 Å². The van der Waals surface area contributed by atoms with E-state index in [2.05, 4.69) is 22.6 Å². The summed E-state index contributed by atoms with van der Waals surface area (Å²) in [6.45, 7) is 5.50. The predicted octanol–water partition coefficient (Wildman–Crippen LogP) is 3.95. The van der Waals surface area contributed by atoms with E-state index in [-0.39, 0.29) is 41.1 Å². The summed E-state index contributed by atoms with van der Waals surface area (Å²) < 4.78 is 29.3. The van der Waals surface area contributed by atoms with Crippen LogP contribution in [0.3, 0.4) is 0 Å². The average molecular weight is 667 g/mol. The molecule has 3 aliphatic carbocycles. The number of carbonyl (C=O) groups is 1. The highest BCUT2D eigenvalue weighted by atomic mass is 127. The maximum atomic E-state index is 14.0. The molecule has 1 aliphatic heterocycles. The molecule has 0 bridgehead atoms. The Labute approximate surface area is 246 Å². The minimum absolute atomic E-state index is 0.0887. The molecule has 2 aromatic rings. The number of alkyl halides is 1. The molecule has 6 rings (SSSR count). The summed E-state index contributed by atoms with van der Waals surface area (Å²) in [5.41, 5.74) is -6.65. The molecule has 1 aromatic carbocycles. The lowest BCUT2D eigenvalue weighted by Crippen LogP contribution is -2.83. The number of hydrogen-bond acceptors (Lipinski definition) is 9. The van der Waals surface area contributed by atoms with E-state index in [1.165, 1.54) is 21.3 Å². The molecular formula is C30H35IO9. The highest BCUT2D eigenvalue weighted by Gasteiger charge is 2.84. The van der Waals surface area contributed by atoms with Crippen LogP contribution in [0.4, 0.5) is 0 Å². The van der Waals surface area contributed by atoms with Gasteiger partial charge in [0.25, 0.3) is 0 Å². The minimum atomic E-state index is -1.83. The van der Waals surface area contributed by atoms with Gasteiger partial charge in [-0.05, 0) is 51.2 Å². The molecule has 3 fully saturated rings. The zero-order chi connectivity index (χ0) is 29.0. The number of ketones is 1. The molecule has 10 heteroatoms. The number of fused-ring (bicyclic) bond motifs is 5. The summed E-state index contributed by atoms with van der Waals surface area (Å²) >= 11 is 2.29. The van der Waals surface area contributed by atoms with Gasteiger partial charge < -0.3 is 33.6 Å². The van der Waals surface area contributed by atoms with Gasteiger partial charge in [-0.15, -0.1) is 0 Å². The summed E-state index contributed by atoms with van der Waals surface area (Å²) in [5.74, 6) is 1.44. The van der Waals surface area contributed by atoms with E-state index < -0.39 is 33.3 Å². The summed E-state index contributed by atoms with van der Waals surface area (Å²) in [5, 5.41) is 25.1. The van der Waals surface area contributed by atoms with Crippen molar-refractivity contribution in [3.8, 4) is 34.3 Å². The third-order valence-electron chi connectivity index (χ3n) is 10.9. The average Bonchev–Trinajstić information content (AvgIpc) is 3.75. The Hall–Kier alpha value is -2.31. The Morgan fingerprint density at radius 1 is 0.975 bits per heavy atom. The van der Waals surface area contributed by atoms with Crippen LogP contribution in [0.15, 0.2) is 27.4 Å². The Balaban J connectivity index is 1.49. The second kappa shape index (κ2) is 8.61. The van der Waals surface area contributed by atoms with E-state index in [0.29, 0.717) is 46.5 Å². The highest BCUT2D eigenvalue weighted by molar-refractivity contribution is 14.1. The van der Waals surface area contributed by atoms with Crippen molar-refractivity contribution >= 4 is 28.4 Å². The molecule has 1 aromatic heterocycles. The zero-order valence-electron chi connectivity index (χ0n) is 23.6. The third-order valence-corrected chi connectivity index (χ3v) is 12.5. The van der Waals surface area contributed by atoms with Gasteiger partial charge in [-0.25, -0.2) is 4.79 Å². The molecule has 216 valence electrons. The molecule has 2 N–H and O–H groups in total. The lowest BCUT2D eigenvalue weighted by atomic mass is 9.40. The largest absolute Gasteiger partial charge is 0.493 e. The first-order valence-corrected chi connectivity index (χ1v) is 15.0. The quantitative estimate of drug-likeness (QED) is 0.361. The van der Waals surface area contributed by atoms with Gasteiger partial charge in [0.05, 0.1) is 37.9 Å². The van der Waals surface area contributed by atoms with E-state index in [1.54, 1.807) is 32.0 Å². The van der Waals surface area contributed by atoms with Gasteiger partial charge in [-0.3, -0.25) is 4.79 Å². The first-order valence-electron chi connectivity index (χ1n) is 13.5. The molecule has 2 heterocycles. The molecule has 7 atom stereocenters. The van der Waals surface area contributed by atoms with E-state index in [1.807, 2.05) is 6.92 Å². The van der Waals surface area contributed by atoms with Crippen LogP contribution < -0.4 is 24.6 Å². The molecule has 0 saturated heterocycles. The maximum absolute atomic E-state index is 14.0. The Kier molecular flexibility index (Phi) is 5.99. The van der Waals surface area contributed by atoms with Gasteiger partial charge in [0.2, 0.25) is 5.75 Å². The van der Waals surface area contributed by atoms with Gasteiger partial charge in [0.1, 0.15) is 28.5 Å². The number of aliphatic hydroxyl groups is 2. The third kappa shape index (κ3) is 3.10. The van der Waals surface area contributed by atoms with Crippen LogP contribution >= 0.6 is 22.6 Å². The van der Waals surface area contributed by atoms with Gasteiger partial charge in [-0.1, -0.05) is 29.5 Å². The lowest BCUT2D eigenvalue weighted by Gasteiger charge is -2.69. The van der Waals surface area contributed by atoms with E-state index in [4.69, 9.17) is 23.4 Å². The molecule has 4 aliphatic rings. The number of benzene rings is 1. The van der Waals surface area contributed by atoms with Gasteiger partial charge >= 0.3 is 5.63 Å². The van der Waals surface area contributed by atoms with Crippen LogP contribution in [0.1, 0.15) is 45.6 Å². The maximum Gasteiger partial charge on any atom is 0.343 e. The monoisotopic (exact) mass is 666 g/mol. The second-order valence-corrected chi connectivity index (χ2v) is 13.1. The predicted molar refractivity (Wildman–Crippen MR) is 154 cm³/mol. The number of rotatable bonds is 5. The molecule has 9 nitrogen and oxygen atoms in total. The molecule has 3 saturated carbocycles. The number of carbonyl (C=O) groups excluding carboxylic acids is 1. The zero-order valence-corrected chi connectivity index (χ0v) is 25.7. The molecule has 0 amide bonds. The SMILES string of the molecule is COc1cc(-c2cc3c(c(=O)o2)C[C@]2(O)[C@@]4(C)C(=O)[C@H]5C[C@H]5[C@](C)(CI)[C@]4(O)CC[C@@]2(C)O3)cc(OC)c1OC. The van der Waals surface area contributed by atoms with Crippen LogP contribution in [0.2, 0.25) is 0 Å². The lowest BCUT2D eigenvalue weighted by molar-refractivity contribution is -0.310. The first kappa shape index (κ1) is 27.8. The molecule has 40 heavy (non-hydrogen) atoms. The van der Waals surface area contributed by atoms with Crippen LogP contribution in [0, 0.1) is 22.7 Å². The van der Waals surface area contributed by atoms with Gasteiger partial charge in [0, 0.05) is 33.8 Å². The minimum Gasteiger partial charge on any atom is -0.493 e. The molecule has 0 unspecified atom stereocenters. The van der Waals surface area contributed by atoms with Crippen molar-refractivity contribution in [1.29, 1.82) is 0 Å². The fourth-order valence-electron chi connectivity index (χ4n) is 8.20. The Morgan fingerprint density at radius 2 is 1.62 bits per heavy atom. The van der Waals surface area contributed by atoms with Crippen molar-refractivity contribution in [2.45, 2.75) is 63.3 Å². The first-order chi connectivity index (χ1) is 18.8. The van der Waals surface area contributed by atoms with Gasteiger partial charge in [0.15, 0.2) is 11.5 Å². The summed E-state index contributed by atoms with van der Waals surface area (Å²) in [6, 6.07) is 4.97. The number of hydrogen-bond donors (Lipinski definition) is 2. The molecule has 0 radical (unpaired) electrons. The summed E-state index contributed by atoms with van der Waals surface area (Å²) in [6.07, 6.45) is 1.15. The van der Waals surface area contributed by atoms with Crippen LogP contribution in [-0.2, 0) is 11.2 Å². The van der Waals surface area contributed by atoms with Crippen molar-refractivity contribution in [1.82, 2.24) is 0 Å². The Morgan fingerprint density at radius 3 is 2.20 bits per heavy atom. The van der Waals surface area contributed by atoms with E-state index in [0.717, 1.165) is 0 Å². The van der Waals surface area contributed by atoms with E-state index in [9.17, 15) is 19.8 Å². The van der Waals surface area contributed by atoms with Gasteiger partial charge in [-0.2, -0.15) is 0 Å². The second-order valence-electron chi connectivity index (χ2n) is 12.4. The normalized spacial score (nSPS) is 39.2. The van der Waals surface area contributed by atoms with Crippen molar-refractivity contribution in [3.63, 3.8) is 0 Å². The topological polar surface area (TPSA) is 125 Å². The number of Topliss-reactive ketones (excluding diaryl/α,β-unsaturated/α-hetero) is 1. The van der Waals surface area contributed by atoms with Crippen molar-refractivity contribution in [2.75, 3.05) is 25.8 Å². The molecule has 0 spiro atoms. The van der Waals surface area contributed by atoms with Crippen LogP contribution in [0.5, 0.6) is 23.0 Å². The summed E-state index contributed by atoms with van der Waals surface area (Å²) in [4.78, 5) is 27.5. The fraction of sp³-hybridized carbons (Fsp3) is 0.600. The number of ether oxygens (including phenoxy) is 4. The summed E-state index contributed by atoms with van der Waals surface area (Å²) in [7, 11) is 4.50. The van der Waals surface area contributed by atoms with Crippen molar-refractivity contribution < 1.29 is 38.4 Å². The van der Waals surface area contributed by atoms with E-state index >= 15 is 0 Å². The highest BCUT2D eigenvalue weighted by Crippen LogP contribution is 2.74. The van der Waals surface area contributed by atoms with Crippen LogP contribution in [0.25, 0.3) is 11.3 Å². The van der Waals surface area contributed by atoms with Crippen molar-refractivity contribution in [3.05, 3.63) is 34.2 Å². The standard InChI is InChI=1S/C30H35IO9/c1-26(14-31)18-11-16(18)24(32)28(3)29(26,34)8-7-27(2)30(28,35)13-17-20(40-27)12-19(39-25(17)33)15-9-21(36-4)23(38-6)22(10-15)37-5/h9-10,12,16,18,34-35H,7-8,11,13-14H2,1-6H3/t16-,18+,26-,27+,28-,29+,30+/m0/s1. The number of halogens is 1. The smallest absolute Gasteiger partial charge is 0.343 e. The van der Waals surface area contributed by atoms with Crippen molar-refractivity contribution in [2.24, 2.45) is 22.7 Å². The Bertz CT molecular complexity index is 1460. The fourth-order valence-corrected chi connectivity index (χ4v) is 9.40.